The number of hydrogen-bond donors (Lipinski definition) is 1. The molecule has 1 fully saturated rings. The van der Waals surface area contributed by atoms with Gasteiger partial charge >= 0.3 is 0 Å². The lowest BCUT2D eigenvalue weighted by Crippen LogP contribution is -2.12. The minimum absolute atomic E-state index is 0.156. The van der Waals surface area contributed by atoms with Crippen molar-refractivity contribution in [2.45, 2.75) is 51.9 Å². The number of anilines is 1. The van der Waals surface area contributed by atoms with Crippen LogP contribution in [0.3, 0.4) is 0 Å². The zero-order chi connectivity index (χ0) is 21.0. The molecule has 1 heterocycles. The van der Waals surface area contributed by atoms with Crippen molar-refractivity contribution in [1.29, 1.82) is 0 Å². The Hall–Kier alpha value is -2.88. The van der Waals surface area contributed by atoms with E-state index in [4.69, 9.17) is 10.2 Å². The predicted octanol–water partition coefficient (Wildman–Crippen LogP) is 6.81. The monoisotopic (exact) mass is 403 g/mol. The van der Waals surface area contributed by atoms with Crippen molar-refractivity contribution < 1.29 is 13.6 Å². The number of nitrogen functional groups attached to an aromatic ring is 1. The van der Waals surface area contributed by atoms with Crippen molar-refractivity contribution in [3.05, 3.63) is 64.7 Å². The van der Waals surface area contributed by atoms with E-state index < -0.39 is 5.82 Å². The van der Waals surface area contributed by atoms with E-state index in [1.54, 1.807) is 6.07 Å². The summed E-state index contributed by atoms with van der Waals surface area (Å²) in [5.74, 6) is 2.24. The number of Topliss-reactive ketones (excluding diaryl/α,β-unsaturated/α-hetero) is 1. The Morgan fingerprint density at radius 3 is 2.53 bits per heavy atom. The van der Waals surface area contributed by atoms with E-state index in [-0.39, 0.29) is 11.5 Å². The Balaban J connectivity index is 1.73. The molecule has 3 aromatic rings. The number of benzene rings is 2. The van der Waals surface area contributed by atoms with E-state index in [9.17, 15) is 9.18 Å². The van der Waals surface area contributed by atoms with Crippen LogP contribution in [0.1, 0.15) is 65.3 Å². The number of carbonyl (C=O) groups is 1. The van der Waals surface area contributed by atoms with Crippen molar-refractivity contribution in [3.8, 4) is 22.5 Å². The molecule has 154 valence electrons. The SMILES string of the molecule is Cc1cc2c(o1)-c1ccc(-c3ccc(N)c(F)c3)c(C)c1C(CC1CC1)CCC2=O. The van der Waals surface area contributed by atoms with Crippen LogP contribution < -0.4 is 5.73 Å². The number of carbonyl (C=O) groups excluding carboxylic acids is 1. The molecular weight excluding hydrogens is 377 g/mol. The van der Waals surface area contributed by atoms with E-state index in [0.717, 1.165) is 46.8 Å². The van der Waals surface area contributed by atoms with Crippen molar-refractivity contribution in [2.24, 2.45) is 5.92 Å². The molecule has 0 radical (unpaired) electrons. The second-order valence-corrected chi connectivity index (χ2v) is 8.87. The lowest BCUT2D eigenvalue weighted by atomic mass is 9.78. The molecule has 2 aliphatic carbocycles. The smallest absolute Gasteiger partial charge is 0.166 e. The van der Waals surface area contributed by atoms with Gasteiger partial charge in [0, 0.05) is 12.0 Å². The summed E-state index contributed by atoms with van der Waals surface area (Å²) in [6.07, 6.45) is 5.00. The third kappa shape index (κ3) is 3.24. The van der Waals surface area contributed by atoms with Gasteiger partial charge in [0.1, 0.15) is 17.3 Å². The maximum absolute atomic E-state index is 14.2. The molecule has 4 heteroatoms. The van der Waals surface area contributed by atoms with Gasteiger partial charge in [-0.3, -0.25) is 4.79 Å². The highest BCUT2D eigenvalue weighted by Gasteiger charge is 2.33. The molecular formula is C26H26FNO2. The fourth-order valence-corrected chi connectivity index (χ4v) is 4.96. The van der Waals surface area contributed by atoms with Crippen LogP contribution in [0.5, 0.6) is 0 Å². The maximum atomic E-state index is 14.2. The standard InChI is InChI=1S/C26H26FNO2/c1-14-11-21-24(29)10-6-18(12-16-3-4-16)25-15(2)19(7-8-20(25)26(21)30-14)17-5-9-23(28)22(27)13-17/h5,7-9,11,13,16,18H,3-4,6,10,12,28H2,1-2H3. The quantitative estimate of drug-likeness (QED) is 0.489. The maximum Gasteiger partial charge on any atom is 0.166 e. The molecule has 0 spiro atoms. The average molecular weight is 403 g/mol. The third-order valence-corrected chi connectivity index (χ3v) is 6.67. The van der Waals surface area contributed by atoms with E-state index in [2.05, 4.69) is 6.92 Å². The summed E-state index contributed by atoms with van der Waals surface area (Å²) >= 11 is 0. The van der Waals surface area contributed by atoms with Gasteiger partial charge in [0.05, 0.1) is 11.3 Å². The van der Waals surface area contributed by atoms with Crippen molar-refractivity contribution >= 4 is 11.5 Å². The number of aryl methyl sites for hydroxylation is 1. The first-order chi connectivity index (χ1) is 14.4. The Morgan fingerprint density at radius 1 is 1.03 bits per heavy atom. The first-order valence-electron chi connectivity index (χ1n) is 10.7. The van der Waals surface area contributed by atoms with E-state index in [0.29, 0.717) is 23.7 Å². The molecule has 2 aromatic carbocycles. The minimum Gasteiger partial charge on any atom is -0.461 e. The van der Waals surface area contributed by atoms with Gasteiger partial charge in [-0.2, -0.15) is 0 Å². The number of ketones is 1. The van der Waals surface area contributed by atoms with Gasteiger partial charge < -0.3 is 10.2 Å². The lowest BCUT2D eigenvalue weighted by Gasteiger charge is -2.26. The second-order valence-electron chi connectivity index (χ2n) is 8.87. The van der Waals surface area contributed by atoms with Gasteiger partial charge in [-0.15, -0.1) is 0 Å². The van der Waals surface area contributed by atoms with Crippen molar-refractivity contribution in [1.82, 2.24) is 0 Å². The first kappa shape index (κ1) is 19.1. The van der Waals surface area contributed by atoms with Crippen molar-refractivity contribution in [2.75, 3.05) is 5.73 Å². The Morgan fingerprint density at radius 2 is 1.80 bits per heavy atom. The van der Waals surface area contributed by atoms with Gasteiger partial charge in [0.2, 0.25) is 0 Å². The molecule has 0 saturated heterocycles. The molecule has 0 bridgehead atoms. The third-order valence-electron chi connectivity index (χ3n) is 6.67. The fourth-order valence-electron chi connectivity index (χ4n) is 4.96. The van der Waals surface area contributed by atoms with Crippen LogP contribution >= 0.6 is 0 Å². The molecule has 30 heavy (non-hydrogen) atoms. The van der Waals surface area contributed by atoms with Crippen LogP contribution in [0, 0.1) is 25.6 Å². The summed E-state index contributed by atoms with van der Waals surface area (Å²) in [4.78, 5) is 12.9. The Kier molecular flexibility index (Phi) is 4.53. The number of furan rings is 1. The summed E-state index contributed by atoms with van der Waals surface area (Å²) < 4.78 is 20.2. The normalized spacial score (nSPS) is 18.5. The van der Waals surface area contributed by atoms with Crippen LogP contribution in [0.15, 0.2) is 40.8 Å². The Bertz CT molecular complexity index is 1160. The molecule has 0 amide bonds. The lowest BCUT2D eigenvalue weighted by molar-refractivity contribution is 0.0976. The molecule has 1 atom stereocenters. The molecule has 1 saturated carbocycles. The minimum atomic E-state index is -0.400. The molecule has 5 rings (SSSR count). The van der Waals surface area contributed by atoms with E-state index in [1.807, 2.05) is 31.2 Å². The molecule has 3 nitrogen and oxygen atoms in total. The van der Waals surface area contributed by atoms with Crippen LogP contribution in [-0.2, 0) is 0 Å². The van der Waals surface area contributed by atoms with E-state index >= 15 is 0 Å². The topological polar surface area (TPSA) is 56.2 Å². The highest BCUT2D eigenvalue weighted by molar-refractivity contribution is 6.02. The van der Waals surface area contributed by atoms with Crippen molar-refractivity contribution in [3.63, 3.8) is 0 Å². The largest absolute Gasteiger partial charge is 0.461 e. The zero-order valence-corrected chi connectivity index (χ0v) is 17.4. The summed E-state index contributed by atoms with van der Waals surface area (Å²) in [7, 11) is 0. The molecule has 2 N–H and O–H groups in total. The number of fused-ring (bicyclic) bond motifs is 3. The predicted molar refractivity (Wildman–Crippen MR) is 117 cm³/mol. The average Bonchev–Trinajstić information content (AvgIpc) is 3.45. The molecule has 2 aliphatic rings. The first-order valence-corrected chi connectivity index (χ1v) is 10.7. The van der Waals surface area contributed by atoms with Gasteiger partial charge in [-0.1, -0.05) is 31.0 Å². The Labute approximate surface area is 176 Å². The summed E-state index contributed by atoms with van der Waals surface area (Å²) in [6, 6.07) is 10.9. The highest BCUT2D eigenvalue weighted by Crippen LogP contribution is 2.48. The zero-order valence-electron chi connectivity index (χ0n) is 17.4. The number of rotatable bonds is 3. The van der Waals surface area contributed by atoms with Crippen LogP contribution in [0.4, 0.5) is 10.1 Å². The van der Waals surface area contributed by atoms with Gasteiger partial charge in [0.15, 0.2) is 5.78 Å². The number of nitrogens with two attached hydrogens (primary N) is 1. The van der Waals surface area contributed by atoms with Gasteiger partial charge in [-0.25, -0.2) is 4.39 Å². The second kappa shape index (κ2) is 7.12. The van der Waals surface area contributed by atoms with Crippen LogP contribution in [0.25, 0.3) is 22.5 Å². The highest BCUT2D eigenvalue weighted by atomic mass is 19.1. The van der Waals surface area contributed by atoms with Gasteiger partial charge in [-0.05, 0) is 79.0 Å². The summed E-state index contributed by atoms with van der Waals surface area (Å²) in [5.41, 5.74) is 11.7. The van der Waals surface area contributed by atoms with Gasteiger partial charge in [0.25, 0.3) is 0 Å². The molecule has 1 aromatic heterocycles. The number of halogens is 1. The summed E-state index contributed by atoms with van der Waals surface area (Å²) in [5, 5.41) is 0. The summed E-state index contributed by atoms with van der Waals surface area (Å²) in [6.45, 7) is 4.00. The van der Waals surface area contributed by atoms with Crippen LogP contribution in [-0.4, -0.2) is 5.78 Å². The van der Waals surface area contributed by atoms with Crippen LogP contribution in [0.2, 0.25) is 0 Å². The molecule has 0 aliphatic heterocycles. The van der Waals surface area contributed by atoms with E-state index in [1.165, 1.54) is 24.5 Å². The fraction of sp³-hybridized carbons (Fsp3) is 0.346. The number of hydrogen-bond acceptors (Lipinski definition) is 3. The molecule has 1 unspecified atom stereocenters.